The van der Waals surface area contributed by atoms with Crippen LogP contribution in [-0.2, 0) is 4.74 Å². The molecule has 7 heteroatoms. The number of halogens is 2. The average molecular weight is 218 g/mol. The molecule has 0 amide bonds. The molecule has 1 aromatic heterocycles. The lowest BCUT2D eigenvalue weighted by atomic mass is 10.2. The molecule has 82 valence electrons. The Balaban J connectivity index is 3.32. The topological polar surface area (TPSA) is 85.2 Å². The van der Waals surface area contributed by atoms with Gasteiger partial charge >= 0.3 is 5.97 Å². The number of pyridine rings is 1. The molecular formula is C8H8F2N2O3. The first-order chi connectivity index (χ1) is 6.97. The van der Waals surface area contributed by atoms with Crippen molar-refractivity contribution >= 4 is 11.7 Å². The van der Waals surface area contributed by atoms with Crippen LogP contribution in [0, 0.1) is 0 Å². The van der Waals surface area contributed by atoms with Crippen LogP contribution in [0.25, 0.3) is 0 Å². The molecule has 0 spiro atoms. The molecule has 0 aromatic carbocycles. The number of hydrogen-bond donors (Lipinski definition) is 2. The number of esters is 1. The minimum atomic E-state index is -2.94. The lowest BCUT2D eigenvalue weighted by Gasteiger charge is -2.05. The smallest absolute Gasteiger partial charge is 0.356 e. The summed E-state index contributed by atoms with van der Waals surface area (Å²) in [6.45, 7) is 0. The first-order valence-corrected chi connectivity index (χ1v) is 3.86. The highest BCUT2D eigenvalue weighted by molar-refractivity contribution is 5.92. The Bertz CT molecular complexity index is 442. The Morgan fingerprint density at radius 1 is 1.60 bits per heavy atom. The number of nitrogens with two attached hydrogens (primary N) is 1. The quantitative estimate of drug-likeness (QED) is 0.715. The number of nitrogen functional groups attached to an aromatic ring is 1. The number of H-pyrrole nitrogens is 1. The molecule has 5 nitrogen and oxygen atoms in total. The van der Waals surface area contributed by atoms with Crippen molar-refractivity contribution in [1.29, 1.82) is 0 Å². The summed E-state index contributed by atoms with van der Waals surface area (Å²) in [5.74, 6) is -0.884. The SMILES string of the molecule is COC(=O)c1[nH]c(=O)c(C(F)F)cc1N. The number of methoxy groups -OCH3 is 1. The summed E-state index contributed by atoms with van der Waals surface area (Å²) in [4.78, 5) is 24.0. The van der Waals surface area contributed by atoms with Gasteiger partial charge in [0.05, 0.1) is 18.4 Å². The summed E-state index contributed by atoms with van der Waals surface area (Å²) >= 11 is 0. The molecule has 0 aliphatic carbocycles. The van der Waals surface area contributed by atoms with Crippen molar-refractivity contribution in [3.05, 3.63) is 27.7 Å². The number of alkyl halides is 2. The molecule has 3 N–H and O–H groups in total. The third-order valence-electron chi connectivity index (χ3n) is 1.73. The van der Waals surface area contributed by atoms with Gasteiger partial charge in [0, 0.05) is 0 Å². The van der Waals surface area contributed by atoms with Gasteiger partial charge in [-0.2, -0.15) is 0 Å². The van der Waals surface area contributed by atoms with Crippen molar-refractivity contribution in [3.63, 3.8) is 0 Å². The highest BCUT2D eigenvalue weighted by Gasteiger charge is 2.18. The van der Waals surface area contributed by atoms with Gasteiger partial charge in [-0.05, 0) is 6.07 Å². The van der Waals surface area contributed by atoms with Crippen molar-refractivity contribution in [1.82, 2.24) is 4.98 Å². The molecule has 0 radical (unpaired) electrons. The fourth-order valence-corrected chi connectivity index (χ4v) is 0.996. The van der Waals surface area contributed by atoms with Gasteiger partial charge in [-0.15, -0.1) is 0 Å². The van der Waals surface area contributed by atoms with Crippen molar-refractivity contribution in [2.45, 2.75) is 6.43 Å². The van der Waals surface area contributed by atoms with Gasteiger partial charge in [-0.3, -0.25) is 4.79 Å². The Hall–Kier alpha value is -1.92. The van der Waals surface area contributed by atoms with E-state index in [9.17, 15) is 18.4 Å². The molecule has 0 fully saturated rings. The van der Waals surface area contributed by atoms with Crippen LogP contribution in [-0.4, -0.2) is 18.1 Å². The molecule has 0 unspecified atom stereocenters. The number of ether oxygens (including phenoxy) is 1. The van der Waals surface area contributed by atoms with Gasteiger partial charge in [0.2, 0.25) is 0 Å². The zero-order chi connectivity index (χ0) is 11.6. The number of carbonyl (C=O) groups is 1. The molecule has 1 rings (SSSR count). The molecule has 0 aliphatic rings. The minimum absolute atomic E-state index is 0.253. The van der Waals surface area contributed by atoms with E-state index in [-0.39, 0.29) is 11.4 Å². The van der Waals surface area contributed by atoms with E-state index in [1.807, 2.05) is 4.98 Å². The first-order valence-electron chi connectivity index (χ1n) is 3.86. The molecule has 1 heterocycles. The van der Waals surface area contributed by atoms with Gasteiger partial charge in [0.25, 0.3) is 12.0 Å². The maximum atomic E-state index is 12.2. The second-order valence-electron chi connectivity index (χ2n) is 2.68. The second kappa shape index (κ2) is 4.07. The number of rotatable bonds is 2. The molecule has 0 saturated heterocycles. The summed E-state index contributed by atoms with van der Waals surface area (Å²) in [7, 11) is 1.08. The van der Waals surface area contributed by atoms with Crippen LogP contribution in [0.1, 0.15) is 22.5 Å². The molecule has 0 saturated carbocycles. The van der Waals surface area contributed by atoms with E-state index in [1.165, 1.54) is 0 Å². The largest absolute Gasteiger partial charge is 0.464 e. The maximum Gasteiger partial charge on any atom is 0.356 e. The number of hydrogen-bond acceptors (Lipinski definition) is 4. The molecule has 0 aliphatic heterocycles. The monoisotopic (exact) mass is 218 g/mol. The third kappa shape index (κ3) is 2.12. The maximum absolute atomic E-state index is 12.2. The van der Waals surface area contributed by atoms with Gasteiger partial charge in [0.1, 0.15) is 0 Å². The normalized spacial score (nSPS) is 10.4. The molecule has 15 heavy (non-hydrogen) atoms. The average Bonchev–Trinajstić information content (AvgIpc) is 2.19. The molecule has 0 atom stereocenters. The summed E-state index contributed by atoms with van der Waals surface area (Å²) < 4.78 is 28.8. The van der Waals surface area contributed by atoms with E-state index in [4.69, 9.17) is 5.73 Å². The fraction of sp³-hybridized carbons (Fsp3) is 0.250. The van der Waals surface area contributed by atoms with Crippen molar-refractivity contribution in [2.24, 2.45) is 0 Å². The van der Waals surface area contributed by atoms with E-state index in [0.29, 0.717) is 0 Å². The van der Waals surface area contributed by atoms with Gasteiger partial charge in [-0.25, -0.2) is 13.6 Å². The number of aromatic amines is 1. The zero-order valence-electron chi connectivity index (χ0n) is 7.71. The van der Waals surface area contributed by atoms with Crippen molar-refractivity contribution in [3.8, 4) is 0 Å². The number of anilines is 1. The second-order valence-corrected chi connectivity index (χ2v) is 2.68. The highest BCUT2D eigenvalue weighted by Crippen LogP contribution is 2.18. The van der Waals surface area contributed by atoms with E-state index in [0.717, 1.165) is 13.2 Å². The summed E-state index contributed by atoms with van der Waals surface area (Å²) in [5, 5.41) is 0. The first kappa shape index (κ1) is 11.2. The van der Waals surface area contributed by atoms with E-state index in [1.54, 1.807) is 0 Å². The predicted octanol–water partition coefficient (Wildman–Crippen LogP) is 0.681. The summed E-state index contributed by atoms with van der Waals surface area (Å²) in [5.41, 5.74) is 2.89. The Kier molecular flexibility index (Phi) is 3.03. The summed E-state index contributed by atoms with van der Waals surface area (Å²) in [6.07, 6.45) is -2.94. The molecular weight excluding hydrogens is 210 g/mol. The zero-order valence-corrected chi connectivity index (χ0v) is 7.71. The molecule has 1 aromatic rings. The van der Waals surface area contributed by atoms with Gasteiger partial charge < -0.3 is 15.5 Å². The fourth-order valence-electron chi connectivity index (χ4n) is 0.996. The van der Waals surface area contributed by atoms with E-state index >= 15 is 0 Å². The third-order valence-corrected chi connectivity index (χ3v) is 1.73. The summed E-state index contributed by atoms with van der Waals surface area (Å²) in [6, 6.07) is 0.760. The van der Waals surface area contributed by atoms with Gasteiger partial charge in [-0.1, -0.05) is 0 Å². The van der Waals surface area contributed by atoms with Gasteiger partial charge in [0.15, 0.2) is 5.69 Å². The number of aromatic nitrogens is 1. The Morgan fingerprint density at radius 2 is 2.20 bits per heavy atom. The van der Waals surface area contributed by atoms with Crippen LogP contribution in [0.4, 0.5) is 14.5 Å². The van der Waals surface area contributed by atoms with E-state index in [2.05, 4.69) is 4.74 Å². The van der Waals surface area contributed by atoms with Crippen LogP contribution in [0.15, 0.2) is 10.9 Å². The van der Waals surface area contributed by atoms with Crippen molar-refractivity contribution in [2.75, 3.05) is 12.8 Å². The van der Waals surface area contributed by atoms with Crippen molar-refractivity contribution < 1.29 is 18.3 Å². The Labute approximate surface area is 82.9 Å². The van der Waals surface area contributed by atoms with Crippen LogP contribution in [0.2, 0.25) is 0 Å². The standard InChI is InChI=1S/C8H8F2N2O3/c1-15-8(14)5-4(11)2-3(6(9)10)7(13)12-5/h2,6H,11H2,1H3,(H,12,13). The highest BCUT2D eigenvalue weighted by atomic mass is 19.3. The predicted molar refractivity (Wildman–Crippen MR) is 47.8 cm³/mol. The lowest BCUT2D eigenvalue weighted by Crippen LogP contribution is -2.20. The number of nitrogens with one attached hydrogen (secondary N) is 1. The van der Waals surface area contributed by atoms with Crippen LogP contribution in [0.5, 0.6) is 0 Å². The van der Waals surface area contributed by atoms with Crippen LogP contribution in [0.3, 0.4) is 0 Å². The van der Waals surface area contributed by atoms with E-state index < -0.39 is 23.5 Å². The Morgan fingerprint density at radius 3 is 2.67 bits per heavy atom. The van der Waals surface area contributed by atoms with Crippen LogP contribution < -0.4 is 11.3 Å². The molecule has 0 bridgehead atoms. The lowest BCUT2D eigenvalue weighted by molar-refractivity contribution is 0.0594. The van der Waals surface area contributed by atoms with Crippen LogP contribution >= 0.6 is 0 Å². The number of carbonyl (C=O) groups excluding carboxylic acids is 1. The minimum Gasteiger partial charge on any atom is -0.464 e.